The average Bonchev–Trinajstić information content (AvgIpc) is 3.39. The van der Waals surface area contributed by atoms with Gasteiger partial charge in [0.1, 0.15) is 0 Å². The number of hydrogen-bond acceptors (Lipinski definition) is 5. The van der Waals surface area contributed by atoms with Gasteiger partial charge in [0.25, 0.3) is 5.91 Å². The first kappa shape index (κ1) is 20.3. The Labute approximate surface area is 175 Å². The normalized spacial score (nSPS) is 15.9. The number of benzene rings is 2. The van der Waals surface area contributed by atoms with Crippen molar-refractivity contribution in [2.75, 3.05) is 19.7 Å². The van der Waals surface area contributed by atoms with Crippen molar-refractivity contribution in [1.82, 2.24) is 20.2 Å². The van der Waals surface area contributed by atoms with E-state index >= 15 is 0 Å². The second kappa shape index (κ2) is 9.21. The summed E-state index contributed by atoms with van der Waals surface area (Å²) in [4.78, 5) is 13.5. The molecule has 2 aromatic carbocycles. The molecule has 1 amide bonds. The van der Waals surface area contributed by atoms with Crippen molar-refractivity contribution in [3.05, 3.63) is 71.4 Å². The summed E-state index contributed by atoms with van der Waals surface area (Å²) < 4.78 is 2.02. The summed E-state index contributed by atoms with van der Waals surface area (Å²) in [6.45, 7) is 2.29. The summed E-state index contributed by atoms with van der Waals surface area (Å²) in [5.74, 6) is -0.548. The lowest BCUT2D eigenvalue weighted by Crippen LogP contribution is -2.33. The van der Waals surface area contributed by atoms with Crippen LogP contribution in [0, 0.1) is 0 Å². The number of aryl methyl sites for hydroxylation is 1. The molecular weight excluding hydrogens is 380 g/mol. The van der Waals surface area contributed by atoms with Crippen molar-refractivity contribution in [1.29, 1.82) is 0 Å². The number of carbonyl (C=O) groups excluding carboxylic acids is 1. The summed E-state index contributed by atoms with van der Waals surface area (Å²) in [7, 11) is 0. The Bertz CT molecular complexity index is 1060. The molecule has 7 nitrogen and oxygen atoms in total. The highest BCUT2D eigenvalue weighted by atomic mass is 16.5. The van der Waals surface area contributed by atoms with Gasteiger partial charge in [-0.05, 0) is 41.7 Å². The van der Waals surface area contributed by atoms with E-state index in [0.717, 1.165) is 42.4 Å². The van der Waals surface area contributed by atoms with Crippen LogP contribution >= 0.6 is 0 Å². The lowest BCUT2D eigenvalue weighted by Gasteiger charge is -2.29. The van der Waals surface area contributed by atoms with E-state index in [-0.39, 0.29) is 12.6 Å². The molecular formula is C23H26N4O3. The van der Waals surface area contributed by atoms with Crippen molar-refractivity contribution in [2.45, 2.75) is 25.4 Å². The highest BCUT2D eigenvalue weighted by Crippen LogP contribution is 2.36. The maximum atomic E-state index is 11.2. The Balaban J connectivity index is 1.49. The molecule has 1 aliphatic carbocycles. The van der Waals surface area contributed by atoms with Gasteiger partial charge in [-0.1, -0.05) is 36.4 Å². The van der Waals surface area contributed by atoms with Gasteiger partial charge in [0.05, 0.1) is 24.9 Å². The summed E-state index contributed by atoms with van der Waals surface area (Å²) in [5.41, 5.74) is 6.18. The molecule has 1 heterocycles. The van der Waals surface area contributed by atoms with Gasteiger partial charge in [0.2, 0.25) is 0 Å². The fourth-order valence-corrected chi connectivity index (χ4v) is 4.29. The quantitative estimate of drug-likeness (QED) is 0.304. The monoisotopic (exact) mass is 406 g/mol. The molecule has 1 atom stereocenters. The van der Waals surface area contributed by atoms with Crippen LogP contribution in [0.15, 0.2) is 54.7 Å². The molecule has 0 aliphatic heterocycles. The van der Waals surface area contributed by atoms with E-state index in [0.29, 0.717) is 6.54 Å². The molecule has 0 fully saturated rings. The number of para-hydroxylation sites is 1. The number of hydroxylamine groups is 1. The fourth-order valence-electron chi connectivity index (χ4n) is 4.29. The largest absolute Gasteiger partial charge is 0.395 e. The summed E-state index contributed by atoms with van der Waals surface area (Å²) >= 11 is 0. The third-order valence-corrected chi connectivity index (χ3v) is 5.73. The summed E-state index contributed by atoms with van der Waals surface area (Å²) in [5, 5.41) is 23.9. The Morgan fingerprint density at radius 1 is 1.27 bits per heavy atom. The number of hydrogen-bond donors (Lipinski definition) is 3. The molecule has 1 unspecified atom stereocenters. The van der Waals surface area contributed by atoms with E-state index in [1.54, 1.807) is 11.6 Å². The lowest BCUT2D eigenvalue weighted by molar-refractivity contribution is -0.124. The van der Waals surface area contributed by atoms with Gasteiger partial charge in [0, 0.05) is 30.6 Å². The Morgan fingerprint density at radius 2 is 2.13 bits per heavy atom. The molecule has 0 spiro atoms. The molecule has 30 heavy (non-hydrogen) atoms. The molecule has 0 saturated carbocycles. The van der Waals surface area contributed by atoms with Gasteiger partial charge >= 0.3 is 0 Å². The van der Waals surface area contributed by atoms with E-state index in [1.807, 2.05) is 29.1 Å². The highest BCUT2D eigenvalue weighted by molar-refractivity contribution is 5.90. The smallest absolute Gasteiger partial charge is 0.267 e. The second-order valence-corrected chi connectivity index (χ2v) is 7.51. The van der Waals surface area contributed by atoms with E-state index in [9.17, 15) is 9.90 Å². The van der Waals surface area contributed by atoms with E-state index in [1.165, 1.54) is 17.2 Å². The first-order chi connectivity index (χ1) is 14.7. The van der Waals surface area contributed by atoms with Gasteiger partial charge in [-0.15, -0.1) is 0 Å². The van der Waals surface area contributed by atoms with Crippen LogP contribution in [0.1, 0.15) is 29.2 Å². The van der Waals surface area contributed by atoms with E-state index in [4.69, 9.17) is 5.21 Å². The van der Waals surface area contributed by atoms with E-state index < -0.39 is 5.91 Å². The van der Waals surface area contributed by atoms with Crippen LogP contribution in [0.2, 0.25) is 0 Å². The lowest BCUT2D eigenvalue weighted by atomic mass is 10.0. The number of amides is 1. The number of nitrogens with zero attached hydrogens (tertiary/aromatic N) is 3. The van der Waals surface area contributed by atoms with Crippen LogP contribution in [-0.4, -0.2) is 50.6 Å². The molecule has 156 valence electrons. The number of aliphatic hydroxyl groups excluding tert-OH is 1. The van der Waals surface area contributed by atoms with Gasteiger partial charge in [-0.25, -0.2) is 5.48 Å². The Hall–Kier alpha value is -3.00. The van der Waals surface area contributed by atoms with Gasteiger partial charge < -0.3 is 5.11 Å². The standard InChI is InChI=1S/C23H26N4O3/c28-14-13-26(11-12-27-21-4-2-1-3-19(21)16-24-27)22-9-7-18-15-17(5-8-20(18)22)6-10-23(29)25-30/h1-6,8,10,15-16,22,28,30H,7,9,11-14H2,(H,25,29). The van der Waals surface area contributed by atoms with Crippen LogP contribution in [0.25, 0.3) is 17.0 Å². The van der Waals surface area contributed by atoms with Crippen molar-refractivity contribution in [2.24, 2.45) is 0 Å². The molecule has 0 saturated heterocycles. The van der Waals surface area contributed by atoms with Crippen molar-refractivity contribution in [3.63, 3.8) is 0 Å². The number of aliphatic hydroxyl groups is 1. The van der Waals surface area contributed by atoms with Gasteiger partial charge in [-0.3, -0.25) is 19.6 Å². The van der Waals surface area contributed by atoms with Crippen molar-refractivity contribution < 1.29 is 15.1 Å². The fraction of sp³-hybridized carbons (Fsp3) is 0.304. The zero-order chi connectivity index (χ0) is 20.9. The number of nitrogens with one attached hydrogen (secondary N) is 1. The minimum Gasteiger partial charge on any atom is -0.395 e. The van der Waals surface area contributed by atoms with Crippen LogP contribution in [0.4, 0.5) is 0 Å². The summed E-state index contributed by atoms with van der Waals surface area (Å²) in [6, 6.07) is 14.6. The predicted octanol–water partition coefficient (Wildman–Crippen LogP) is 2.54. The first-order valence-corrected chi connectivity index (χ1v) is 10.2. The second-order valence-electron chi connectivity index (χ2n) is 7.51. The average molecular weight is 406 g/mol. The minimum absolute atomic E-state index is 0.114. The minimum atomic E-state index is -0.548. The van der Waals surface area contributed by atoms with Crippen LogP contribution < -0.4 is 5.48 Å². The predicted molar refractivity (Wildman–Crippen MR) is 115 cm³/mol. The van der Waals surface area contributed by atoms with Crippen molar-refractivity contribution in [3.8, 4) is 0 Å². The highest BCUT2D eigenvalue weighted by Gasteiger charge is 2.27. The number of rotatable bonds is 8. The molecule has 1 aromatic heterocycles. The zero-order valence-corrected chi connectivity index (χ0v) is 16.7. The number of aromatic nitrogens is 2. The molecule has 0 bridgehead atoms. The number of carbonyl (C=O) groups is 1. The van der Waals surface area contributed by atoms with Crippen LogP contribution in [0.5, 0.6) is 0 Å². The SMILES string of the molecule is O=C(C=Cc1ccc2c(c1)CCC2N(CCO)CCn1ncc2ccccc21)NO. The topological polar surface area (TPSA) is 90.6 Å². The molecule has 4 rings (SSSR count). The van der Waals surface area contributed by atoms with Gasteiger partial charge in [-0.2, -0.15) is 5.10 Å². The first-order valence-electron chi connectivity index (χ1n) is 10.2. The van der Waals surface area contributed by atoms with E-state index in [2.05, 4.69) is 34.3 Å². The Morgan fingerprint density at radius 3 is 2.97 bits per heavy atom. The number of fused-ring (bicyclic) bond motifs is 2. The summed E-state index contributed by atoms with van der Waals surface area (Å²) in [6.07, 6.45) is 6.84. The third kappa shape index (κ3) is 4.28. The van der Waals surface area contributed by atoms with Crippen molar-refractivity contribution >= 4 is 22.9 Å². The van der Waals surface area contributed by atoms with Crippen LogP contribution in [-0.2, 0) is 17.8 Å². The molecule has 1 aliphatic rings. The molecule has 3 aromatic rings. The third-order valence-electron chi connectivity index (χ3n) is 5.73. The van der Waals surface area contributed by atoms with Crippen LogP contribution in [0.3, 0.4) is 0 Å². The Kier molecular flexibility index (Phi) is 6.23. The molecule has 3 N–H and O–H groups in total. The molecule has 7 heteroatoms. The molecule has 0 radical (unpaired) electrons. The zero-order valence-electron chi connectivity index (χ0n) is 16.7. The maximum absolute atomic E-state index is 11.2. The maximum Gasteiger partial charge on any atom is 0.267 e. The van der Waals surface area contributed by atoms with Gasteiger partial charge in [0.15, 0.2) is 0 Å².